The van der Waals surface area contributed by atoms with Gasteiger partial charge >= 0.3 is 0 Å². The number of hydrogen-bond acceptors (Lipinski definition) is 2. The van der Waals surface area contributed by atoms with Crippen molar-refractivity contribution in [3.63, 3.8) is 0 Å². The average molecular weight is 357 g/mol. The first-order valence-corrected chi connectivity index (χ1v) is 11.9. The molecule has 144 valence electrons. The van der Waals surface area contributed by atoms with Crippen LogP contribution in [-0.4, -0.2) is 10.9 Å². The molecule has 0 aliphatic rings. The predicted molar refractivity (Wildman–Crippen MR) is 112 cm³/mol. The minimum absolute atomic E-state index is 0.266. The second-order valence-electron chi connectivity index (χ2n) is 7.35. The lowest BCUT2D eigenvalue weighted by Crippen LogP contribution is -1.87. The summed E-state index contributed by atoms with van der Waals surface area (Å²) < 4.78 is 0. The van der Waals surface area contributed by atoms with Crippen molar-refractivity contribution in [3.8, 4) is 0 Å². The lowest BCUT2D eigenvalue weighted by molar-refractivity contribution is -0.109. The summed E-state index contributed by atoms with van der Waals surface area (Å²) in [6.45, 7) is 3.96. The first-order chi connectivity index (χ1) is 11.8. The van der Waals surface area contributed by atoms with Gasteiger partial charge in [-0.2, -0.15) is 0 Å². The van der Waals surface area contributed by atoms with Gasteiger partial charge in [0.2, 0.25) is 0 Å². The smallest absolute Gasteiger partial charge is 0.185 e. The Balaban J connectivity index is 2.97. The van der Waals surface area contributed by atoms with Crippen molar-refractivity contribution in [2.24, 2.45) is 0 Å². The van der Waals surface area contributed by atoms with Crippen molar-refractivity contribution in [1.82, 2.24) is 0 Å². The third-order valence-corrected chi connectivity index (χ3v) is 5.70. The molecule has 0 heterocycles. The maximum atomic E-state index is 10.8. The number of thioether (sulfide) groups is 1. The van der Waals surface area contributed by atoms with Crippen LogP contribution >= 0.6 is 11.8 Å². The van der Waals surface area contributed by atoms with Gasteiger partial charge in [-0.1, -0.05) is 128 Å². The van der Waals surface area contributed by atoms with Crippen molar-refractivity contribution in [1.29, 1.82) is 0 Å². The zero-order valence-corrected chi connectivity index (χ0v) is 17.6. The van der Waals surface area contributed by atoms with Crippen LogP contribution in [0.2, 0.25) is 0 Å². The molecule has 0 aliphatic carbocycles. The van der Waals surface area contributed by atoms with E-state index in [2.05, 4.69) is 6.92 Å². The Morgan fingerprint density at radius 2 is 0.833 bits per heavy atom. The van der Waals surface area contributed by atoms with Gasteiger partial charge in [0.1, 0.15) is 0 Å². The standard InChI is InChI=1S/C22H44OS/c1-3-4-5-6-7-8-9-10-11-12-13-14-15-16-17-18-19-20-21-24-22(2)23/h3-21H2,1-2H3. The Kier molecular flexibility index (Phi) is 21.1. The Bertz CT molecular complexity index is 252. The van der Waals surface area contributed by atoms with E-state index in [0.717, 1.165) is 5.75 Å². The Labute approximate surface area is 157 Å². The van der Waals surface area contributed by atoms with Crippen LogP contribution in [0.5, 0.6) is 0 Å². The largest absolute Gasteiger partial charge is 0.288 e. The van der Waals surface area contributed by atoms with Gasteiger partial charge in [0.15, 0.2) is 5.12 Å². The number of rotatable bonds is 19. The molecular formula is C22H44OS. The van der Waals surface area contributed by atoms with Gasteiger partial charge in [-0.15, -0.1) is 0 Å². The first kappa shape index (κ1) is 24.0. The first-order valence-electron chi connectivity index (χ1n) is 10.9. The molecule has 1 nitrogen and oxygen atoms in total. The van der Waals surface area contributed by atoms with E-state index in [1.807, 2.05) is 0 Å². The summed E-state index contributed by atoms with van der Waals surface area (Å²) in [5.41, 5.74) is 0. The topological polar surface area (TPSA) is 17.1 Å². The van der Waals surface area contributed by atoms with Crippen LogP contribution in [0, 0.1) is 0 Å². The van der Waals surface area contributed by atoms with Gasteiger partial charge < -0.3 is 0 Å². The van der Waals surface area contributed by atoms with Crippen molar-refractivity contribution >= 4 is 16.9 Å². The quantitative estimate of drug-likeness (QED) is 0.216. The van der Waals surface area contributed by atoms with Crippen LogP contribution in [0.4, 0.5) is 0 Å². The fourth-order valence-electron chi connectivity index (χ4n) is 3.22. The van der Waals surface area contributed by atoms with Crippen LogP contribution in [-0.2, 0) is 4.79 Å². The summed E-state index contributed by atoms with van der Waals surface area (Å²) in [6, 6.07) is 0. The van der Waals surface area contributed by atoms with Crippen molar-refractivity contribution in [2.75, 3.05) is 5.75 Å². The molecule has 0 radical (unpaired) electrons. The monoisotopic (exact) mass is 356 g/mol. The molecular weight excluding hydrogens is 312 g/mol. The minimum atomic E-state index is 0.266. The Morgan fingerprint density at radius 3 is 1.12 bits per heavy atom. The number of carbonyl (C=O) groups excluding carboxylic acids is 1. The van der Waals surface area contributed by atoms with E-state index in [4.69, 9.17) is 0 Å². The molecule has 24 heavy (non-hydrogen) atoms. The van der Waals surface area contributed by atoms with Crippen LogP contribution in [0.3, 0.4) is 0 Å². The molecule has 0 unspecified atom stereocenters. The highest BCUT2D eigenvalue weighted by molar-refractivity contribution is 8.13. The lowest BCUT2D eigenvalue weighted by atomic mass is 10.0. The van der Waals surface area contributed by atoms with E-state index in [1.54, 1.807) is 6.92 Å². The van der Waals surface area contributed by atoms with Crippen LogP contribution in [0.1, 0.15) is 129 Å². The van der Waals surface area contributed by atoms with Crippen molar-refractivity contribution in [2.45, 2.75) is 129 Å². The Morgan fingerprint density at radius 1 is 0.542 bits per heavy atom. The number of carbonyl (C=O) groups is 1. The maximum Gasteiger partial charge on any atom is 0.185 e. The van der Waals surface area contributed by atoms with E-state index in [0.29, 0.717) is 0 Å². The van der Waals surface area contributed by atoms with Crippen molar-refractivity contribution < 1.29 is 4.79 Å². The highest BCUT2D eigenvalue weighted by Gasteiger charge is 1.96. The van der Waals surface area contributed by atoms with Gasteiger partial charge in [-0.25, -0.2) is 0 Å². The van der Waals surface area contributed by atoms with Crippen LogP contribution in [0.15, 0.2) is 0 Å². The Hall–Kier alpha value is 0.0200. The van der Waals surface area contributed by atoms with Gasteiger partial charge in [0.25, 0.3) is 0 Å². The highest BCUT2D eigenvalue weighted by atomic mass is 32.2. The van der Waals surface area contributed by atoms with Gasteiger partial charge in [-0.3, -0.25) is 4.79 Å². The van der Waals surface area contributed by atoms with Gasteiger partial charge in [-0.05, 0) is 6.42 Å². The molecule has 0 atom stereocenters. The average Bonchev–Trinajstić information content (AvgIpc) is 2.56. The third-order valence-electron chi connectivity index (χ3n) is 4.80. The van der Waals surface area contributed by atoms with E-state index in [1.165, 1.54) is 127 Å². The molecule has 0 fully saturated rings. The minimum Gasteiger partial charge on any atom is -0.288 e. The molecule has 0 saturated carbocycles. The molecule has 0 bridgehead atoms. The van der Waals surface area contributed by atoms with Crippen molar-refractivity contribution in [3.05, 3.63) is 0 Å². The zero-order valence-electron chi connectivity index (χ0n) is 16.8. The second-order valence-corrected chi connectivity index (χ2v) is 8.62. The highest BCUT2D eigenvalue weighted by Crippen LogP contribution is 2.14. The van der Waals surface area contributed by atoms with E-state index < -0.39 is 0 Å². The van der Waals surface area contributed by atoms with E-state index >= 15 is 0 Å². The molecule has 0 aromatic rings. The molecule has 0 saturated heterocycles. The molecule has 0 N–H and O–H groups in total. The fraction of sp³-hybridized carbons (Fsp3) is 0.955. The normalized spacial score (nSPS) is 11.1. The summed E-state index contributed by atoms with van der Waals surface area (Å²) in [5, 5.41) is 0.266. The fourth-order valence-corrected chi connectivity index (χ4v) is 3.86. The summed E-state index contributed by atoms with van der Waals surface area (Å²) in [4.78, 5) is 10.8. The predicted octanol–water partition coefficient (Wildman–Crippen LogP) is 8.31. The third kappa shape index (κ3) is 22.0. The zero-order chi connectivity index (χ0) is 17.7. The summed E-state index contributed by atoms with van der Waals surface area (Å²) in [6.07, 6.45) is 25.5. The lowest BCUT2D eigenvalue weighted by Gasteiger charge is -2.03. The van der Waals surface area contributed by atoms with Crippen LogP contribution in [0.25, 0.3) is 0 Å². The molecule has 0 rings (SSSR count). The van der Waals surface area contributed by atoms with E-state index in [-0.39, 0.29) is 5.12 Å². The molecule has 0 amide bonds. The second kappa shape index (κ2) is 21.1. The van der Waals surface area contributed by atoms with Gasteiger partial charge in [0.05, 0.1) is 0 Å². The van der Waals surface area contributed by atoms with Gasteiger partial charge in [0, 0.05) is 12.7 Å². The molecule has 2 heteroatoms. The summed E-state index contributed by atoms with van der Waals surface area (Å²) >= 11 is 1.48. The molecule has 0 spiro atoms. The molecule has 0 aromatic carbocycles. The SMILES string of the molecule is CCCCCCCCCCCCCCCCCCCCSC(C)=O. The maximum absolute atomic E-state index is 10.8. The summed E-state index contributed by atoms with van der Waals surface area (Å²) in [5.74, 6) is 1.02. The molecule has 0 aliphatic heterocycles. The number of hydrogen-bond donors (Lipinski definition) is 0. The number of unbranched alkanes of at least 4 members (excludes halogenated alkanes) is 17. The van der Waals surface area contributed by atoms with Crippen LogP contribution < -0.4 is 0 Å². The molecule has 0 aromatic heterocycles. The van der Waals surface area contributed by atoms with E-state index in [9.17, 15) is 4.79 Å². The summed E-state index contributed by atoms with van der Waals surface area (Å²) in [7, 11) is 0.